The lowest BCUT2D eigenvalue weighted by Crippen LogP contribution is -2.40. The van der Waals surface area contributed by atoms with Crippen molar-refractivity contribution in [3.63, 3.8) is 0 Å². The van der Waals surface area contributed by atoms with Crippen LogP contribution in [-0.4, -0.2) is 28.9 Å². The summed E-state index contributed by atoms with van der Waals surface area (Å²) in [6.45, 7) is 5.45. The van der Waals surface area contributed by atoms with Crippen molar-refractivity contribution in [2.45, 2.75) is 39.2 Å². The highest BCUT2D eigenvalue weighted by atomic mass is 16.5. The van der Waals surface area contributed by atoms with Crippen molar-refractivity contribution >= 4 is 16.8 Å². The van der Waals surface area contributed by atoms with Gasteiger partial charge in [-0.15, -0.1) is 0 Å². The van der Waals surface area contributed by atoms with Crippen molar-refractivity contribution in [2.75, 3.05) is 13.2 Å². The molecule has 0 spiro atoms. The topological polar surface area (TPSA) is 45.3 Å². The lowest BCUT2D eigenvalue weighted by Gasteiger charge is -2.36. The zero-order valence-corrected chi connectivity index (χ0v) is 16.0. The first-order chi connectivity index (χ1) is 13.2. The number of hydrogen-bond acceptors (Lipinski definition) is 2. The Balaban J connectivity index is 1.81. The maximum absolute atomic E-state index is 12.9. The van der Waals surface area contributed by atoms with Gasteiger partial charge in [-0.3, -0.25) is 4.79 Å². The summed E-state index contributed by atoms with van der Waals surface area (Å²) in [5, 5.41) is 1.27. The summed E-state index contributed by atoms with van der Waals surface area (Å²) in [5.74, 6) is 1.08. The Kier molecular flexibility index (Phi) is 4.88. The van der Waals surface area contributed by atoms with Gasteiger partial charge in [-0.25, -0.2) is 0 Å². The molecule has 140 valence electrons. The fourth-order valence-corrected chi connectivity index (χ4v) is 4.13. The van der Waals surface area contributed by atoms with Crippen LogP contribution in [0.2, 0.25) is 0 Å². The van der Waals surface area contributed by atoms with E-state index in [0.717, 1.165) is 41.9 Å². The Morgan fingerprint density at radius 3 is 2.67 bits per heavy atom. The average Bonchev–Trinajstić information content (AvgIpc) is 3.07. The van der Waals surface area contributed by atoms with Gasteiger partial charge in [0.25, 0.3) is 0 Å². The molecule has 0 radical (unpaired) electrons. The highest BCUT2D eigenvalue weighted by Crippen LogP contribution is 2.39. The van der Waals surface area contributed by atoms with Crippen LogP contribution < -0.4 is 4.74 Å². The molecule has 0 aliphatic carbocycles. The number of rotatable bonds is 5. The van der Waals surface area contributed by atoms with Crippen LogP contribution in [0.3, 0.4) is 0 Å². The molecule has 0 fully saturated rings. The van der Waals surface area contributed by atoms with E-state index in [1.54, 1.807) is 0 Å². The fourth-order valence-electron chi connectivity index (χ4n) is 4.13. The number of para-hydroxylation sites is 1. The summed E-state index contributed by atoms with van der Waals surface area (Å²) in [5.41, 5.74) is 4.75. The van der Waals surface area contributed by atoms with Crippen molar-refractivity contribution < 1.29 is 9.53 Å². The molecular formula is C23H26N2O2. The van der Waals surface area contributed by atoms with E-state index < -0.39 is 0 Å². The van der Waals surface area contributed by atoms with E-state index in [1.165, 1.54) is 10.9 Å². The molecule has 1 aromatic heterocycles. The Morgan fingerprint density at radius 1 is 1.15 bits per heavy atom. The number of fused-ring (bicyclic) bond motifs is 3. The number of carbonyl (C=O) groups is 1. The van der Waals surface area contributed by atoms with E-state index in [9.17, 15) is 4.79 Å². The highest BCUT2D eigenvalue weighted by Gasteiger charge is 2.33. The molecule has 1 amide bonds. The Bertz CT molecular complexity index is 943. The minimum atomic E-state index is -0.0733. The molecule has 3 aromatic rings. The third kappa shape index (κ3) is 3.20. The molecule has 0 saturated heterocycles. The lowest BCUT2D eigenvalue weighted by molar-refractivity contribution is -0.133. The van der Waals surface area contributed by atoms with Crippen LogP contribution in [0.25, 0.3) is 10.9 Å². The predicted molar refractivity (Wildman–Crippen MR) is 108 cm³/mol. The summed E-state index contributed by atoms with van der Waals surface area (Å²) < 4.78 is 5.59. The molecule has 2 heterocycles. The van der Waals surface area contributed by atoms with Crippen LogP contribution in [0.1, 0.15) is 49.6 Å². The van der Waals surface area contributed by atoms with Crippen molar-refractivity contribution in [3.8, 4) is 5.75 Å². The van der Waals surface area contributed by atoms with Crippen molar-refractivity contribution in [2.24, 2.45) is 0 Å². The summed E-state index contributed by atoms with van der Waals surface area (Å²) in [4.78, 5) is 18.5. The maximum Gasteiger partial charge on any atom is 0.223 e. The van der Waals surface area contributed by atoms with Crippen LogP contribution in [-0.2, 0) is 11.2 Å². The largest absolute Gasteiger partial charge is 0.494 e. The zero-order chi connectivity index (χ0) is 18.8. The molecule has 0 unspecified atom stereocenters. The van der Waals surface area contributed by atoms with Gasteiger partial charge in [0.1, 0.15) is 5.75 Å². The van der Waals surface area contributed by atoms with Gasteiger partial charge in [-0.05, 0) is 49.1 Å². The quantitative estimate of drug-likeness (QED) is 0.706. The Morgan fingerprint density at radius 2 is 1.93 bits per heavy atom. The predicted octanol–water partition coefficient (Wildman–Crippen LogP) is 4.84. The number of nitrogens with zero attached hydrogens (tertiary/aromatic N) is 1. The normalized spacial score (nSPS) is 16.4. The number of hydrogen-bond donors (Lipinski definition) is 1. The van der Waals surface area contributed by atoms with Gasteiger partial charge >= 0.3 is 0 Å². The standard InChI is InChI=1S/C23H26N2O2/c1-3-7-21(26)25-15-14-19-18-8-5-6-9-20(18)24-22(19)23(25)16-10-12-17(13-11-16)27-4-2/h5-6,8-13,23-24H,3-4,7,14-15H2,1-2H3/t23-/m0/s1. The van der Waals surface area contributed by atoms with Crippen LogP contribution in [0.4, 0.5) is 0 Å². The third-order valence-corrected chi connectivity index (χ3v) is 5.33. The van der Waals surface area contributed by atoms with Gasteiger partial charge in [0.15, 0.2) is 0 Å². The molecule has 4 rings (SSSR count). The average molecular weight is 362 g/mol. The first kappa shape index (κ1) is 17.7. The number of amides is 1. The van der Waals surface area contributed by atoms with Gasteiger partial charge in [0, 0.05) is 29.6 Å². The van der Waals surface area contributed by atoms with Crippen molar-refractivity contribution in [1.82, 2.24) is 9.88 Å². The highest BCUT2D eigenvalue weighted by molar-refractivity contribution is 5.86. The second-order valence-corrected chi connectivity index (χ2v) is 7.05. The smallest absolute Gasteiger partial charge is 0.223 e. The van der Waals surface area contributed by atoms with Gasteiger partial charge in [-0.2, -0.15) is 0 Å². The number of aromatic amines is 1. The molecular weight excluding hydrogens is 336 g/mol. The molecule has 1 N–H and O–H groups in total. The summed E-state index contributed by atoms with van der Waals surface area (Å²) in [6.07, 6.45) is 2.34. The SMILES string of the molecule is CCCC(=O)N1CCc2c([nH]c3ccccc23)[C@@H]1c1ccc(OCC)cc1. The molecule has 4 nitrogen and oxygen atoms in total. The summed E-state index contributed by atoms with van der Waals surface area (Å²) >= 11 is 0. The van der Waals surface area contributed by atoms with E-state index >= 15 is 0 Å². The van der Waals surface area contributed by atoms with E-state index in [4.69, 9.17) is 4.74 Å². The molecule has 27 heavy (non-hydrogen) atoms. The Labute approximate surface area is 160 Å². The molecule has 1 aliphatic rings. The molecule has 2 aromatic carbocycles. The van der Waals surface area contributed by atoms with Crippen LogP contribution in [0.5, 0.6) is 5.75 Å². The Hall–Kier alpha value is -2.75. The van der Waals surface area contributed by atoms with Gasteiger partial charge in [0.05, 0.1) is 12.6 Å². The number of H-pyrrole nitrogens is 1. The van der Waals surface area contributed by atoms with E-state index in [-0.39, 0.29) is 11.9 Å². The number of benzene rings is 2. The first-order valence-corrected chi connectivity index (χ1v) is 9.84. The van der Waals surface area contributed by atoms with Crippen LogP contribution >= 0.6 is 0 Å². The summed E-state index contributed by atoms with van der Waals surface area (Å²) in [7, 11) is 0. The number of carbonyl (C=O) groups excluding carboxylic acids is 1. The number of nitrogens with one attached hydrogen (secondary N) is 1. The molecule has 0 bridgehead atoms. The molecule has 0 saturated carbocycles. The molecule has 1 atom stereocenters. The fraction of sp³-hybridized carbons (Fsp3) is 0.348. The minimum Gasteiger partial charge on any atom is -0.494 e. The van der Waals surface area contributed by atoms with Crippen LogP contribution in [0.15, 0.2) is 48.5 Å². The van der Waals surface area contributed by atoms with Gasteiger partial charge in [-0.1, -0.05) is 37.3 Å². The zero-order valence-electron chi connectivity index (χ0n) is 16.0. The van der Waals surface area contributed by atoms with Crippen LogP contribution in [0, 0.1) is 0 Å². The number of aromatic nitrogens is 1. The van der Waals surface area contributed by atoms with E-state index in [0.29, 0.717) is 13.0 Å². The second-order valence-electron chi connectivity index (χ2n) is 7.05. The van der Waals surface area contributed by atoms with E-state index in [1.807, 2.05) is 24.0 Å². The van der Waals surface area contributed by atoms with Crippen molar-refractivity contribution in [3.05, 3.63) is 65.4 Å². The van der Waals surface area contributed by atoms with Crippen molar-refractivity contribution in [1.29, 1.82) is 0 Å². The third-order valence-electron chi connectivity index (χ3n) is 5.33. The number of ether oxygens (including phenoxy) is 1. The summed E-state index contributed by atoms with van der Waals surface area (Å²) in [6, 6.07) is 16.5. The molecule has 1 aliphatic heterocycles. The monoisotopic (exact) mass is 362 g/mol. The lowest BCUT2D eigenvalue weighted by atomic mass is 9.92. The maximum atomic E-state index is 12.9. The first-order valence-electron chi connectivity index (χ1n) is 9.84. The molecule has 4 heteroatoms. The minimum absolute atomic E-state index is 0.0733. The van der Waals surface area contributed by atoms with Gasteiger partial charge in [0.2, 0.25) is 5.91 Å². The van der Waals surface area contributed by atoms with E-state index in [2.05, 4.69) is 48.3 Å². The van der Waals surface area contributed by atoms with Gasteiger partial charge < -0.3 is 14.6 Å². The second kappa shape index (κ2) is 7.47.